The van der Waals surface area contributed by atoms with Gasteiger partial charge in [-0.15, -0.1) is 0 Å². The van der Waals surface area contributed by atoms with Gasteiger partial charge in [-0.2, -0.15) is 18.3 Å². The van der Waals surface area contributed by atoms with E-state index in [9.17, 15) is 27.2 Å². The largest absolute Gasteiger partial charge is 0.416 e. The number of fused-ring (bicyclic) bond motifs is 1. The Morgan fingerprint density at radius 3 is 2.58 bits per heavy atom. The predicted molar refractivity (Wildman–Crippen MR) is 110 cm³/mol. The highest BCUT2D eigenvalue weighted by molar-refractivity contribution is 6.31. The standard InChI is InChI=1S/C20H15ClF4N6O2/c21-12-7-10(1-2-13(12)22)17-16(18(26)32)14-9-30(5-6-31(14)29-17)19(33)28-15-8-11(3-4-27-15)20(23,24)25/h1-4,7-8H,5-6,9H2,(H2,26,32)(H,27,28,33). The SMILES string of the molecule is NC(=O)c1c(-c2ccc(F)c(Cl)c2)nn2c1CN(C(=O)Nc1cc(C(F)(F)F)ccn1)CC2. The molecule has 13 heteroatoms. The summed E-state index contributed by atoms with van der Waals surface area (Å²) in [7, 11) is 0. The normalized spacial score (nSPS) is 13.5. The lowest BCUT2D eigenvalue weighted by atomic mass is 10.0. The molecular weight excluding hydrogens is 468 g/mol. The Morgan fingerprint density at radius 1 is 1.15 bits per heavy atom. The molecule has 0 unspecified atom stereocenters. The number of aromatic nitrogens is 3. The molecule has 1 aromatic carbocycles. The minimum absolute atomic E-state index is 0.0346. The van der Waals surface area contributed by atoms with Crippen molar-refractivity contribution in [3.63, 3.8) is 0 Å². The molecule has 0 spiro atoms. The number of hydrogen-bond acceptors (Lipinski definition) is 4. The molecule has 2 aromatic heterocycles. The number of alkyl halides is 3. The lowest BCUT2D eigenvalue weighted by Crippen LogP contribution is -2.41. The minimum Gasteiger partial charge on any atom is -0.365 e. The summed E-state index contributed by atoms with van der Waals surface area (Å²) in [4.78, 5) is 29.9. The topological polar surface area (TPSA) is 106 Å². The Kier molecular flexibility index (Phi) is 5.70. The first-order valence-electron chi connectivity index (χ1n) is 9.48. The quantitative estimate of drug-likeness (QED) is 0.552. The van der Waals surface area contributed by atoms with E-state index in [0.717, 1.165) is 24.4 Å². The number of halogens is 5. The van der Waals surface area contributed by atoms with Crippen LogP contribution in [0.25, 0.3) is 11.3 Å². The summed E-state index contributed by atoms with van der Waals surface area (Å²) in [6.07, 6.45) is -3.65. The number of nitrogens with two attached hydrogens (primary N) is 1. The zero-order valence-corrected chi connectivity index (χ0v) is 17.4. The summed E-state index contributed by atoms with van der Waals surface area (Å²) in [5.74, 6) is -1.73. The molecule has 0 aliphatic carbocycles. The second kappa shape index (κ2) is 8.35. The number of nitrogens with zero attached hydrogens (tertiary/aromatic N) is 4. The van der Waals surface area contributed by atoms with Crippen LogP contribution in [0.5, 0.6) is 0 Å². The van der Waals surface area contributed by atoms with Crippen LogP contribution in [0.15, 0.2) is 36.5 Å². The van der Waals surface area contributed by atoms with Crippen molar-refractivity contribution in [1.29, 1.82) is 0 Å². The van der Waals surface area contributed by atoms with Crippen LogP contribution in [-0.2, 0) is 19.3 Å². The van der Waals surface area contributed by atoms with Gasteiger partial charge in [-0.1, -0.05) is 11.6 Å². The van der Waals surface area contributed by atoms with E-state index in [1.165, 1.54) is 21.7 Å². The van der Waals surface area contributed by atoms with E-state index in [1.807, 2.05) is 0 Å². The van der Waals surface area contributed by atoms with E-state index < -0.39 is 29.5 Å². The molecule has 3 amide bonds. The number of pyridine rings is 1. The van der Waals surface area contributed by atoms with Gasteiger partial charge < -0.3 is 10.6 Å². The first-order valence-corrected chi connectivity index (χ1v) is 9.86. The van der Waals surface area contributed by atoms with E-state index in [4.69, 9.17) is 17.3 Å². The number of anilines is 1. The summed E-state index contributed by atoms with van der Waals surface area (Å²) >= 11 is 5.84. The number of rotatable bonds is 3. The highest BCUT2D eigenvalue weighted by Crippen LogP contribution is 2.32. The Bertz CT molecular complexity index is 1260. The van der Waals surface area contributed by atoms with E-state index in [1.54, 1.807) is 0 Å². The maximum atomic E-state index is 13.5. The Balaban J connectivity index is 1.60. The molecule has 1 aliphatic heterocycles. The summed E-state index contributed by atoms with van der Waals surface area (Å²) in [5, 5.41) is 6.53. The van der Waals surface area contributed by atoms with Gasteiger partial charge in [0.05, 0.1) is 34.9 Å². The summed E-state index contributed by atoms with van der Waals surface area (Å²) in [5.41, 5.74) is 5.51. The number of benzene rings is 1. The number of hydrogen-bond donors (Lipinski definition) is 2. The number of primary amides is 1. The molecule has 0 atom stereocenters. The van der Waals surface area contributed by atoms with Crippen LogP contribution in [0, 0.1) is 5.82 Å². The molecule has 3 N–H and O–H groups in total. The van der Waals surface area contributed by atoms with Gasteiger partial charge >= 0.3 is 12.2 Å². The van der Waals surface area contributed by atoms with Gasteiger partial charge in [0.25, 0.3) is 5.91 Å². The molecule has 0 bridgehead atoms. The molecule has 3 aromatic rings. The van der Waals surface area contributed by atoms with Crippen LogP contribution in [0.2, 0.25) is 5.02 Å². The lowest BCUT2D eigenvalue weighted by molar-refractivity contribution is -0.137. The van der Waals surface area contributed by atoms with Crippen molar-refractivity contribution in [3.05, 3.63) is 64.2 Å². The zero-order valence-electron chi connectivity index (χ0n) is 16.7. The predicted octanol–water partition coefficient (Wildman–Crippen LogP) is 3.90. The second-order valence-corrected chi connectivity index (χ2v) is 7.57. The number of carbonyl (C=O) groups is 2. The molecule has 4 rings (SSSR count). The van der Waals surface area contributed by atoms with Crippen molar-refractivity contribution < 1.29 is 27.2 Å². The van der Waals surface area contributed by atoms with Crippen LogP contribution in [0.3, 0.4) is 0 Å². The highest BCUT2D eigenvalue weighted by Gasteiger charge is 2.32. The van der Waals surface area contributed by atoms with Gasteiger partial charge in [0, 0.05) is 18.3 Å². The van der Waals surface area contributed by atoms with Crippen molar-refractivity contribution in [3.8, 4) is 11.3 Å². The maximum absolute atomic E-state index is 13.5. The van der Waals surface area contributed by atoms with E-state index >= 15 is 0 Å². The molecule has 172 valence electrons. The average molecular weight is 483 g/mol. The average Bonchev–Trinajstić information content (AvgIpc) is 3.14. The highest BCUT2D eigenvalue weighted by atomic mass is 35.5. The smallest absolute Gasteiger partial charge is 0.365 e. The fourth-order valence-corrected chi connectivity index (χ4v) is 3.64. The van der Waals surface area contributed by atoms with Crippen LogP contribution in [0.1, 0.15) is 21.6 Å². The van der Waals surface area contributed by atoms with E-state index in [0.29, 0.717) is 11.3 Å². The van der Waals surface area contributed by atoms with Crippen LogP contribution < -0.4 is 11.1 Å². The van der Waals surface area contributed by atoms with Gasteiger partial charge in [0.1, 0.15) is 17.3 Å². The first-order chi connectivity index (χ1) is 15.5. The van der Waals surface area contributed by atoms with Gasteiger partial charge in [-0.3, -0.25) is 14.8 Å². The molecular formula is C20H15ClF4N6O2. The van der Waals surface area contributed by atoms with Gasteiger partial charge in [0.2, 0.25) is 0 Å². The van der Waals surface area contributed by atoms with Crippen molar-refractivity contribution in [1.82, 2.24) is 19.7 Å². The number of carbonyl (C=O) groups excluding carboxylic acids is 2. The van der Waals surface area contributed by atoms with Gasteiger partial charge in [-0.25, -0.2) is 14.2 Å². The molecule has 0 fully saturated rings. The van der Waals surface area contributed by atoms with Crippen LogP contribution >= 0.6 is 11.6 Å². The van der Waals surface area contributed by atoms with E-state index in [2.05, 4.69) is 15.4 Å². The maximum Gasteiger partial charge on any atom is 0.416 e. The Morgan fingerprint density at radius 2 is 1.91 bits per heavy atom. The molecule has 33 heavy (non-hydrogen) atoms. The summed E-state index contributed by atoms with van der Waals surface area (Å²) < 4.78 is 53.7. The fraction of sp³-hybridized carbons (Fsp3) is 0.200. The fourth-order valence-electron chi connectivity index (χ4n) is 3.46. The Labute approximate surface area is 188 Å². The van der Waals surface area contributed by atoms with Crippen LogP contribution in [-0.4, -0.2) is 38.1 Å². The first kappa shape index (κ1) is 22.5. The summed E-state index contributed by atoms with van der Waals surface area (Å²) in [6, 6.07) is 4.63. The van der Waals surface area contributed by atoms with Crippen LogP contribution in [0.4, 0.5) is 28.2 Å². The van der Waals surface area contributed by atoms with Gasteiger partial charge in [-0.05, 0) is 30.3 Å². The third kappa shape index (κ3) is 4.46. The van der Waals surface area contributed by atoms with Crippen molar-refractivity contribution >= 4 is 29.4 Å². The number of amides is 3. The monoisotopic (exact) mass is 482 g/mol. The van der Waals surface area contributed by atoms with Crippen molar-refractivity contribution in [2.24, 2.45) is 5.73 Å². The Hall–Kier alpha value is -3.67. The number of nitrogens with one attached hydrogen (secondary N) is 1. The molecule has 0 saturated carbocycles. The third-order valence-corrected chi connectivity index (χ3v) is 5.32. The third-order valence-electron chi connectivity index (χ3n) is 5.03. The van der Waals surface area contributed by atoms with Gasteiger partial charge in [0.15, 0.2) is 0 Å². The second-order valence-electron chi connectivity index (χ2n) is 7.17. The molecule has 8 nitrogen and oxygen atoms in total. The molecule has 3 heterocycles. The summed E-state index contributed by atoms with van der Waals surface area (Å²) in [6.45, 7) is 0.250. The molecule has 0 saturated heterocycles. The van der Waals surface area contributed by atoms with Crippen molar-refractivity contribution in [2.75, 3.05) is 11.9 Å². The molecule has 0 radical (unpaired) electrons. The van der Waals surface area contributed by atoms with Crippen molar-refractivity contribution in [2.45, 2.75) is 19.3 Å². The lowest BCUT2D eigenvalue weighted by Gasteiger charge is -2.28. The molecule has 1 aliphatic rings. The zero-order chi connectivity index (χ0) is 23.9. The minimum atomic E-state index is -4.59. The van der Waals surface area contributed by atoms with E-state index in [-0.39, 0.29) is 41.7 Å². The number of urea groups is 1.